The summed E-state index contributed by atoms with van der Waals surface area (Å²) in [5, 5.41) is 13.4. The first kappa shape index (κ1) is 17.9. The van der Waals surface area contributed by atoms with Crippen molar-refractivity contribution >= 4 is 16.0 Å². The van der Waals surface area contributed by atoms with Crippen molar-refractivity contribution in [2.75, 3.05) is 13.2 Å². The van der Waals surface area contributed by atoms with Gasteiger partial charge in [-0.3, -0.25) is 9.48 Å². The summed E-state index contributed by atoms with van der Waals surface area (Å²) >= 11 is 0. The van der Waals surface area contributed by atoms with Crippen molar-refractivity contribution in [3.8, 4) is 0 Å². The molecule has 1 saturated heterocycles. The van der Waals surface area contributed by atoms with E-state index in [1.807, 2.05) is 6.92 Å². The van der Waals surface area contributed by atoms with Crippen LogP contribution in [0.2, 0.25) is 0 Å². The highest BCUT2D eigenvalue weighted by atomic mass is 32.2. The molecule has 1 aliphatic rings. The van der Waals surface area contributed by atoms with Crippen LogP contribution in [-0.4, -0.2) is 48.5 Å². The molecule has 1 fully saturated rings. The summed E-state index contributed by atoms with van der Waals surface area (Å²) in [6, 6.07) is -1.05. The number of rotatable bonds is 7. The van der Waals surface area contributed by atoms with Crippen LogP contribution >= 0.6 is 0 Å². The van der Waals surface area contributed by atoms with Crippen LogP contribution in [0.3, 0.4) is 0 Å². The Morgan fingerprint density at radius 1 is 1.52 bits per heavy atom. The van der Waals surface area contributed by atoms with Crippen LogP contribution in [0.1, 0.15) is 39.2 Å². The van der Waals surface area contributed by atoms with Crippen molar-refractivity contribution in [3.05, 3.63) is 12.4 Å². The summed E-state index contributed by atoms with van der Waals surface area (Å²) in [5.74, 6) is -1.49. The Bertz CT molecular complexity index is 637. The first-order valence-electron chi connectivity index (χ1n) is 7.72. The number of ether oxygens (including phenoxy) is 1. The van der Waals surface area contributed by atoms with E-state index in [-0.39, 0.29) is 16.9 Å². The highest BCUT2D eigenvalue weighted by Crippen LogP contribution is 2.22. The van der Waals surface area contributed by atoms with Gasteiger partial charge in [-0.05, 0) is 18.8 Å². The average Bonchev–Trinajstić information content (AvgIpc) is 3.03. The number of hydrogen-bond acceptors (Lipinski definition) is 5. The summed E-state index contributed by atoms with van der Waals surface area (Å²) in [7, 11) is -3.92. The maximum absolute atomic E-state index is 12.4. The van der Waals surface area contributed by atoms with Gasteiger partial charge in [-0.1, -0.05) is 20.3 Å². The predicted molar refractivity (Wildman–Crippen MR) is 82.5 cm³/mol. The SMILES string of the molecule is CC[C@H](C)[C@H](NS(=O)(=O)c1cnn(C2CCOCC2)c1)C(=O)O. The summed E-state index contributed by atoms with van der Waals surface area (Å²) in [6.07, 6.45) is 4.82. The lowest BCUT2D eigenvalue weighted by molar-refractivity contribution is -0.140. The summed E-state index contributed by atoms with van der Waals surface area (Å²) in [5.41, 5.74) is 0. The zero-order valence-electron chi connectivity index (χ0n) is 13.3. The minimum atomic E-state index is -3.92. The molecule has 8 nitrogen and oxygen atoms in total. The van der Waals surface area contributed by atoms with E-state index in [9.17, 15) is 18.3 Å². The minimum Gasteiger partial charge on any atom is -0.480 e. The molecule has 2 N–H and O–H groups in total. The molecule has 2 rings (SSSR count). The molecule has 0 bridgehead atoms. The van der Waals surface area contributed by atoms with Crippen molar-refractivity contribution in [3.63, 3.8) is 0 Å². The largest absolute Gasteiger partial charge is 0.480 e. The molecule has 2 heterocycles. The molecular formula is C14H23N3O5S. The molecule has 130 valence electrons. The van der Waals surface area contributed by atoms with Crippen molar-refractivity contribution in [2.45, 2.75) is 50.1 Å². The summed E-state index contributed by atoms with van der Waals surface area (Å²) in [4.78, 5) is 11.3. The van der Waals surface area contributed by atoms with E-state index in [1.54, 1.807) is 11.6 Å². The van der Waals surface area contributed by atoms with E-state index >= 15 is 0 Å². The molecule has 1 aliphatic heterocycles. The number of carboxylic acid groups (broad SMARTS) is 1. The van der Waals surface area contributed by atoms with Crippen molar-refractivity contribution in [1.29, 1.82) is 0 Å². The third-order valence-electron chi connectivity index (χ3n) is 4.21. The van der Waals surface area contributed by atoms with Crippen LogP contribution in [0.15, 0.2) is 17.3 Å². The van der Waals surface area contributed by atoms with Gasteiger partial charge in [0.15, 0.2) is 0 Å². The second kappa shape index (κ2) is 7.41. The first-order chi connectivity index (χ1) is 10.8. The zero-order valence-corrected chi connectivity index (χ0v) is 14.1. The molecule has 23 heavy (non-hydrogen) atoms. The maximum atomic E-state index is 12.4. The fourth-order valence-electron chi connectivity index (χ4n) is 2.49. The highest BCUT2D eigenvalue weighted by molar-refractivity contribution is 7.89. The van der Waals surface area contributed by atoms with E-state index in [2.05, 4.69) is 9.82 Å². The Morgan fingerprint density at radius 2 is 2.17 bits per heavy atom. The van der Waals surface area contributed by atoms with Crippen LogP contribution < -0.4 is 4.72 Å². The quantitative estimate of drug-likeness (QED) is 0.763. The van der Waals surface area contributed by atoms with Gasteiger partial charge < -0.3 is 9.84 Å². The van der Waals surface area contributed by atoms with Crippen molar-refractivity contribution < 1.29 is 23.1 Å². The smallest absolute Gasteiger partial charge is 0.322 e. The van der Waals surface area contributed by atoms with Crippen LogP contribution in [0, 0.1) is 5.92 Å². The molecule has 2 atom stereocenters. The zero-order chi connectivity index (χ0) is 17.0. The Labute approximate surface area is 135 Å². The third kappa shape index (κ3) is 4.30. The standard InChI is InChI=1S/C14H23N3O5S/c1-3-10(2)13(14(18)19)16-23(20,21)12-8-15-17(9-12)11-4-6-22-7-5-11/h8-11,13,16H,3-7H2,1-2H3,(H,18,19)/t10-,13-/m0/s1. The van der Waals surface area contributed by atoms with Gasteiger partial charge in [-0.25, -0.2) is 8.42 Å². The molecule has 9 heteroatoms. The van der Waals surface area contributed by atoms with E-state index in [1.165, 1.54) is 12.4 Å². The average molecular weight is 345 g/mol. The monoisotopic (exact) mass is 345 g/mol. The van der Waals surface area contributed by atoms with Crippen LogP contribution in [0.5, 0.6) is 0 Å². The normalized spacial score (nSPS) is 19.4. The number of nitrogens with zero attached hydrogens (tertiary/aromatic N) is 2. The van der Waals surface area contributed by atoms with Crippen molar-refractivity contribution in [1.82, 2.24) is 14.5 Å². The van der Waals surface area contributed by atoms with Gasteiger partial charge >= 0.3 is 5.97 Å². The number of carbonyl (C=O) groups is 1. The van der Waals surface area contributed by atoms with Crippen LogP contribution in [-0.2, 0) is 19.6 Å². The van der Waals surface area contributed by atoms with E-state index in [0.717, 1.165) is 12.8 Å². The molecular weight excluding hydrogens is 322 g/mol. The fourth-order valence-corrected chi connectivity index (χ4v) is 3.73. The van der Waals surface area contributed by atoms with Gasteiger partial charge in [0.1, 0.15) is 10.9 Å². The third-order valence-corrected chi connectivity index (χ3v) is 5.61. The topological polar surface area (TPSA) is 111 Å². The molecule has 0 saturated carbocycles. The number of aliphatic carboxylic acids is 1. The van der Waals surface area contributed by atoms with Crippen LogP contribution in [0.25, 0.3) is 0 Å². The lowest BCUT2D eigenvalue weighted by Gasteiger charge is -2.22. The number of sulfonamides is 1. The van der Waals surface area contributed by atoms with E-state index < -0.39 is 22.0 Å². The fraction of sp³-hybridized carbons (Fsp3) is 0.714. The Morgan fingerprint density at radius 3 is 2.74 bits per heavy atom. The molecule has 0 unspecified atom stereocenters. The highest BCUT2D eigenvalue weighted by Gasteiger charge is 2.30. The first-order valence-corrected chi connectivity index (χ1v) is 9.20. The lowest BCUT2D eigenvalue weighted by atomic mass is 10.0. The number of hydrogen-bond donors (Lipinski definition) is 2. The Hall–Kier alpha value is -1.45. The molecule has 0 aromatic carbocycles. The maximum Gasteiger partial charge on any atom is 0.322 e. The van der Waals surface area contributed by atoms with Crippen LogP contribution in [0.4, 0.5) is 0 Å². The molecule has 0 radical (unpaired) electrons. The lowest BCUT2D eigenvalue weighted by Crippen LogP contribution is -2.44. The van der Waals surface area contributed by atoms with E-state index in [4.69, 9.17) is 4.74 Å². The van der Waals surface area contributed by atoms with Gasteiger partial charge in [-0.15, -0.1) is 0 Å². The molecule has 0 spiro atoms. The second-order valence-corrected chi connectivity index (χ2v) is 7.54. The Kier molecular flexibility index (Phi) is 5.77. The predicted octanol–water partition coefficient (Wildman–Crippen LogP) is 1.01. The minimum absolute atomic E-state index is 0.0152. The molecule has 1 aromatic rings. The van der Waals surface area contributed by atoms with Gasteiger partial charge in [0, 0.05) is 19.4 Å². The molecule has 0 aliphatic carbocycles. The van der Waals surface area contributed by atoms with Gasteiger partial charge in [0.2, 0.25) is 10.0 Å². The summed E-state index contributed by atoms with van der Waals surface area (Å²) < 4.78 is 34.0. The summed E-state index contributed by atoms with van der Waals surface area (Å²) in [6.45, 7) is 4.77. The Balaban J connectivity index is 2.15. The molecule has 1 aromatic heterocycles. The van der Waals surface area contributed by atoms with Gasteiger partial charge in [-0.2, -0.15) is 9.82 Å². The van der Waals surface area contributed by atoms with E-state index in [0.29, 0.717) is 19.6 Å². The number of nitrogens with one attached hydrogen (secondary N) is 1. The number of aromatic nitrogens is 2. The second-order valence-electron chi connectivity index (χ2n) is 5.82. The van der Waals surface area contributed by atoms with Gasteiger partial charge in [0.25, 0.3) is 0 Å². The molecule has 0 amide bonds. The van der Waals surface area contributed by atoms with Crippen molar-refractivity contribution in [2.24, 2.45) is 5.92 Å². The van der Waals surface area contributed by atoms with Gasteiger partial charge in [0.05, 0.1) is 12.2 Å². The number of carboxylic acids is 1.